The molecule has 3 nitrogen and oxygen atoms in total. The number of rotatable bonds is 11. The Morgan fingerprint density at radius 3 is 2.00 bits per heavy atom. The van der Waals surface area contributed by atoms with E-state index < -0.39 is 10.0 Å². The first-order valence-electron chi connectivity index (χ1n) is 7.41. The van der Waals surface area contributed by atoms with Crippen LogP contribution in [-0.2, 0) is 10.0 Å². The zero-order valence-corrected chi connectivity index (χ0v) is 14.4. The third kappa shape index (κ3) is 13.0. The minimum Gasteiger partial charge on any atom is -0.229 e. The van der Waals surface area contributed by atoms with E-state index in [0.29, 0.717) is 5.92 Å². The molecular formula is C14H32ClNO2S. The number of unbranched alkanes of at least 4 members (excludes halogenated alkanes) is 5. The zero-order valence-electron chi connectivity index (χ0n) is 12.7. The van der Waals surface area contributed by atoms with Crippen molar-refractivity contribution in [3.63, 3.8) is 0 Å². The van der Waals surface area contributed by atoms with Crippen LogP contribution in [0.3, 0.4) is 0 Å². The monoisotopic (exact) mass is 313 g/mol. The van der Waals surface area contributed by atoms with Crippen LogP contribution in [0.4, 0.5) is 0 Å². The Morgan fingerprint density at radius 1 is 1.00 bits per heavy atom. The van der Waals surface area contributed by atoms with Crippen molar-refractivity contribution in [2.45, 2.75) is 72.1 Å². The summed E-state index contributed by atoms with van der Waals surface area (Å²) in [5.41, 5.74) is 0. The molecule has 0 spiro atoms. The summed E-state index contributed by atoms with van der Waals surface area (Å²) in [5, 5.41) is 5.11. The van der Waals surface area contributed by atoms with Crippen molar-refractivity contribution in [3.05, 3.63) is 0 Å². The summed E-state index contributed by atoms with van der Waals surface area (Å²) in [6.45, 7) is 6.37. The highest BCUT2D eigenvalue weighted by atomic mass is 35.5. The second-order valence-electron chi connectivity index (χ2n) is 5.53. The van der Waals surface area contributed by atoms with Gasteiger partial charge in [-0.3, -0.25) is 0 Å². The van der Waals surface area contributed by atoms with Crippen LogP contribution in [0.15, 0.2) is 0 Å². The molecule has 0 saturated heterocycles. The fraction of sp³-hybridized carbons (Fsp3) is 1.00. The third-order valence-corrected chi connectivity index (χ3v) is 4.74. The molecule has 0 aliphatic rings. The highest BCUT2D eigenvalue weighted by molar-refractivity contribution is 7.89. The van der Waals surface area contributed by atoms with Crippen molar-refractivity contribution >= 4 is 22.4 Å². The quantitative estimate of drug-likeness (QED) is 0.583. The smallest absolute Gasteiger partial charge is 0.209 e. The molecule has 0 aromatic rings. The second kappa shape index (κ2) is 12.0. The molecular weight excluding hydrogens is 282 g/mol. The number of nitrogens with two attached hydrogens (primary N) is 1. The molecule has 0 amide bonds. The number of primary sulfonamides is 1. The largest absolute Gasteiger partial charge is 0.229 e. The van der Waals surface area contributed by atoms with Crippen molar-refractivity contribution in [1.29, 1.82) is 0 Å². The normalized spacial score (nSPS) is 14.7. The Hall–Kier alpha value is 0.200. The molecule has 2 unspecified atom stereocenters. The molecule has 0 aromatic carbocycles. The first-order chi connectivity index (χ1) is 8.40. The lowest BCUT2D eigenvalue weighted by atomic mass is 9.88. The molecule has 5 heteroatoms. The maximum atomic E-state index is 11.1. The van der Waals surface area contributed by atoms with Crippen molar-refractivity contribution in [3.8, 4) is 0 Å². The average molecular weight is 314 g/mol. The molecule has 2 atom stereocenters. The summed E-state index contributed by atoms with van der Waals surface area (Å²) in [5.74, 6) is 0.802. The van der Waals surface area contributed by atoms with Gasteiger partial charge in [-0.2, -0.15) is 0 Å². The molecule has 118 valence electrons. The Morgan fingerprint density at radius 2 is 1.53 bits per heavy atom. The van der Waals surface area contributed by atoms with Gasteiger partial charge in [0.2, 0.25) is 10.0 Å². The Labute approximate surface area is 126 Å². The molecule has 0 heterocycles. The third-order valence-electron chi connectivity index (χ3n) is 3.75. The second-order valence-corrected chi connectivity index (χ2v) is 7.19. The number of hydrogen-bond donors (Lipinski definition) is 1. The SMILES string of the molecule is CCCCCCCCC(CC)C(C)CS(N)(=O)=O.Cl. The van der Waals surface area contributed by atoms with E-state index in [1.165, 1.54) is 38.5 Å². The fourth-order valence-corrected chi connectivity index (χ4v) is 3.59. The van der Waals surface area contributed by atoms with Crippen LogP contribution < -0.4 is 5.14 Å². The molecule has 0 radical (unpaired) electrons. The highest BCUT2D eigenvalue weighted by Crippen LogP contribution is 2.23. The summed E-state index contributed by atoms with van der Waals surface area (Å²) >= 11 is 0. The Bertz CT molecular complexity index is 294. The number of halogens is 1. The minimum atomic E-state index is -3.32. The van der Waals surface area contributed by atoms with Crippen LogP contribution in [0.25, 0.3) is 0 Å². The van der Waals surface area contributed by atoms with E-state index in [1.807, 2.05) is 6.92 Å². The maximum Gasteiger partial charge on any atom is 0.209 e. The van der Waals surface area contributed by atoms with E-state index in [4.69, 9.17) is 5.14 Å². The minimum absolute atomic E-state index is 0. The lowest BCUT2D eigenvalue weighted by Crippen LogP contribution is -2.26. The molecule has 0 saturated carbocycles. The molecule has 0 fully saturated rings. The van der Waals surface area contributed by atoms with Crippen LogP contribution in [0.2, 0.25) is 0 Å². The summed E-state index contributed by atoms with van der Waals surface area (Å²) in [4.78, 5) is 0. The van der Waals surface area contributed by atoms with E-state index in [9.17, 15) is 8.42 Å². The van der Waals surface area contributed by atoms with Gasteiger partial charge in [-0.15, -0.1) is 12.4 Å². The van der Waals surface area contributed by atoms with Gasteiger partial charge in [0.05, 0.1) is 5.75 Å². The number of sulfonamides is 1. The van der Waals surface area contributed by atoms with Gasteiger partial charge in [-0.05, 0) is 11.8 Å². The summed E-state index contributed by atoms with van der Waals surface area (Å²) < 4.78 is 22.2. The molecule has 19 heavy (non-hydrogen) atoms. The Balaban J connectivity index is 0. The first-order valence-corrected chi connectivity index (χ1v) is 9.12. The predicted octanol–water partition coefficient (Wildman–Crippen LogP) is 4.11. The van der Waals surface area contributed by atoms with Crippen LogP contribution in [0, 0.1) is 11.8 Å². The summed E-state index contributed by atoms with van der Waals surface area (Å²) in [6, 6.07) is 0. The standard InChI is InChI=1S/C14H31NO2S.ClH/c1-4-6-7-8-9-10-11-14(5-2)13(3)12-18(15,16)17;/h13-14H,4-12H2,1-3H3,(H2,15,16,17);1H. The van der Waals surface area contributed by atoms with E-state index in [2.05, 4.69) is 13.8 Å². The average Bonchev–Trinajstić information content (AvgIpc) is 2.25. The summed E-state index contributed by atoms with van der Waals surface area (Å²) in [6.07, 6.45) is 9.94. The number of hydrogen-bond acceptors (Lipinski definition) is 2. The van der Waals surface area contributed by atoms with Gasteiger partial charge in [0, 0.05) is 0 Å². The van der Waals surface area contributed by atoms with E-state index >= 15 is 0 Å². The molecule has 0 aliphatic heterocycles. The van der Waals surface area contributed by atoms with E-state index in [1.54, 1.807) is 0 Å². The van der Waals surface area contributed by atoms with Crippen molar-refractivity contribution in [2.75, 3.05) is 5.75 Å². The summed E-state index contributed by atoms with van der Waals surface area (Å²) in [7, 11) is -3.32. The van der Waals surface area contributed by atoms with Crippen molar-refractivity contribution < 1.29 is 8.42 Å². The maximum absolute atomic E-state index is 11.1. The lowest BCUT2D eigenvalue weighted by Gasteiger charge is -2.21. The predicted molar refractivity (Wildman–Crippen MR) is 86.2 cm³/mol. The van der Waals surface area contributed by atoms with E-state index in [-0.39, 0.29) is 24.1 Å². The highest BCUT2D eigenvalue weighted by Gasteiger charge is 2.19. The van der Waals surface area contributed by atoms with E-state index in [0.717, 1.165) is 12.8 Å². The Kier molecular flexibility index (Phi) is 13.6. The van der Waals surface area contributed by atoms with Crippen LogP contribution >= 0.6 is 12.4 Å². The molecule has 2 N–H and O–H groups in total. The van der Waals surface area contributed by atoms with Gasteiger partial charge < -0.3 is 0 Å². The molecule has 0 bridgehead atoms. The van der Waals surface area contributed by atoms with Gasteiger partial charge >= 0.3 is 0 Å². The van der Waals surface area contributed by atoms with Crippen LogP contribution in [-0.4, -0.2) is 14.2 Å². The van der Waals surface area contributed by atoms with Crippen LogP contribution in [0.1, 0.15) is 72.1 Å². The zero-order chi connectivity index (χ0) is 14.0. The van der Waals surface area contributed by atoms with Gasteiger partial charge in [-0.1, -0.05) is 72.1 Å². The topological polar surface area (TPSA) is 60.2 Å². The van der Waals surface area contributed by atoms with Crippen LogP contribution in [0.5, 0.6) is 0 Å². The van der Waals surface area contributed by atoms with Gasteiger partial charge in [0.1, 0.15) is 0 Å². The molecule has 0 rings (SSSR count). The van der Waals surface area contributed by atoms with Crippen molar-refractivity contribution in [1.82, 2.24) is 0 Å². The van der Waals surface area contributed by atoms with Crippen molar-refractivity contribution in [2.24, 2.45) is 17.0 Å². The lowest BCUT2D eigenvalue weighted by molar-refractivity contribution is 0.336. The van der Waals surface area contributed by atoms with Gasteiger partial charge in [0.15, 0.2) is 0 Å². The first kappa shape index (κ1) is 21.5. The molecule has 0 aliphatic carbocycles. The molecule has 0 aromatic heterocycles. The fourth-order valence-electron chi connectivity index (χ4n) is 2.58. The van der Waals surface area contributed by atoms with Gasteiger partial charge in [-0.25, -0.2) is 13.6 Å². The van der Waals surface area contributed by atoms with Gasteiger partial charge in [0.25, 0.3) is 0 Å².